The molecule has 5 nitrogen and oxygen atoms in total. The summed E-state index contributed by atoms with van der Waals surface area (Å²) in [6.07, 6.45) is 0. The molecule has 0 atom stereocenters. The summed E-state index contributed by atoms with van der Waals surface area (Å²) in [5.74, 6) is 0.767. The van der Waals surface area contributed by atoms with Crippen LogP contribution in [0.5, 0.6) is 0 Å². The molecule has 0 aliphatic carbocycles. The van der Waals surface area contributed by atoms with Gasteiger partial charge in [0.1, 0.15) is 0 Å². The molecule has 3 rings (SSSR count). The first-order valence-electron chi connectivity index (χ1n) is 7.48. The van der Waals surface area contributed by atoms with Crippen molar-refractivity contribution >= 4 is 54.1 Å². The highest BCUT2D eigenvalue weighted by molar-refractivity contribution is 9.10. The molecular weight excluding hydrogens is 386 g/mol. The van der Waals surface area contributed by atoms with Gasteiger partial charge in [-0.2, -0.15) is 5.10 Å². The molecule has 0 aliphatic heterocycles. The molecule has 0 amide bonds. The Labute approximate surface area is 152 Å². The largest absolute Gasteiger partial charge is 0.277 e. The summed E-state index contributed by atoms with van der Waals surface area (Å²) in [6, 6.07) is 15.7. The molecule has 1 N–H and O–H groups in total. The Kier molecular flexibility index (Phi) is 5.32. The van der Waals surface area contributed by atoms with Crippen molar-refractivity contribution in [2.24, 2.45) is 21.2 Å². The first-order chi connectivity index (χ1) is 11.6. The van der Waals surface area contributed by atoms with Crippen molar-refractivity contribution in [2.75, 3.05) is 5.43 Å². The zero-order valence-electron chi connectivity index (χ0n) is 13.3. The molecule has 7 heteroatoms. The summed E-state index contributed by atoms with van der Waals surface area (Å²) in [6.45, 7) is 4.05. The Bertz CT molecular complexity index is 850. The summed E-state index contributed by atoms with van der Waals surface area (Å²) in [7, 11) is 0. The third-order valence-electron chi connectivity index (χ3n) is 3.18. The number of halogens is 1. The molecule has 0 fully saturated rings. The normalized spacial score (nSPS) is 12.4. The van der Waals surface area contributed by atoms with Gasteiger partial charge in [-0.15, -0.1) is 10.2 Å². The van der Waals surface area contributed by atoms with Crippen LogP contribution in [0.3, 0.4) is 0 Å². The lowest BCUT2D eigenvalue weighted by atomic mass is 10.2. The van der Waals surface area contributed by atoms with Crippen molar-refractivity contribution in [1.29, 1.82) is 0 Å². The number of nitrogens with zero attached hydrogens (tertiary/aromatic N) is 4. The number of amidine groups is 1. The van der Waals surface area contributed by atoms with Crippen molar-refractivity contribution < 1.29 is 0 Å². The van der Waals surface area contributed by atoms with E-state index in [-0.39, 0.29) is 5.92 Å². The number of hydrogen-bond acceptors (Lipinski definition) is 5. The summed E-state index contributed by atoms with van der Waals surface area (Å²) in [5.41, 5.74) is 4.84. The lowest BCUT2D eigenvalue weighted by Gasteiger charge is -2.05. The summed E-state index contributed by atoms with van der Waals surface area (Å²) in [4.78, 5) is 4.45. The molecule has 2 aromatic carbocycles. The number of aromatic nitrogens is 1. The first kappa shape index (κ1) is 16.7. The Balaban J connectivity index is 1.77. The average molecular weight is 402 g/mol. The molecule has 0 saturated heterocycles. The van der Waals surface area contributed by atoms with Crippen molar-refractivity contribution in [3.8, 4) is 0 Å². The number of benzene rings is 2. The third kappa shape index (κ3) is 4.24. The molecule has 0 unspecified atom stereocenters. The summed E-state index contributed by atoms with van der Waals surface area (Å²) in [5, 5.41) is 13.5. The maximum atomic E-state index is 4.45. The lowest BCUT2D eigenvalue weighted by Crippen LogP contribution is -2.06. The Morgan fingerprint density at radius 1 is 1.12 bits per heavy atom. The number of fused-ring (bicyclic) bond motifs is 1. The standard InChI is InChI=1S/C17H16BrN5S/c1-11(2)16(21-20-13-9-7-12(18)8-10-13)22-23-17-19-14-5-3-4-6-15(14)24-17/h3-11,20H,1-2H3/b21-16+,23-22?. The fraction of sp³-hybridized carbons (Fsp3) is 0.176. The van der Waals surface area contributed by atoms with E-state index in [9.17, 15) is 0 Å². The molecule has 1 aromatic heterocycles. The zero-order valence-corrected chi connectivity index (χ0v) is 15.7. The van der Waals surface area contributed by atoms with Crippen LogP contribution in [-0.4, -0.2) is 10.8 Å². The van der Waals surface area contributed by atoms with Crippen LogP contribution in [-0.2, 0) is 0 Å². The van der Waals surface area contributed by atoms with Crippen LogP contribution in [0, 0.1) is 5.92 Å². The SMILES string of the molecule is CC(C)/C(N=Nc1nc2ccccc2s1)=N\Nc1ccc(Br)cc1. The van der Waals surface area contributed by atoms with E-state index in [4.69, 9.17) is 0 Å². The molecule has 24 heavy (non-hydrogen) atoms. The van der Waals surface area contributed by atoms with Crippen LogP contribution in [0.2, 0.25) is 0 Å². The number of para-hydroxylation sites is 1. The molecular formula is C17H16BrN5S. The van der Waals surface area contributed by atoms with Crippen molar-refractivity contribution in [3.05, 3.63) is 53.0 Å². The van der Waals surface area contributed by atoms with Gasteiger partial charge in [0.25, 0.3) is 0 Å². The maximum Gasteiger partial charge on any atom is 0.231 e. The van der Waals surface area contributed by atoms with E-state index in [1.54, 1.807) is 0 Å². The fourth-order valence-electron chi connectivity index (χ4n) is 1.91. The highest BCUT2D eigenvalue weighted by Crippen LogP contribution is 2.28. The van der Waals surface area contributed by atoms with Gasteiger partial charge in [0, 0.05) is 10.4 Å². The van der Waals surface area contributed by atoms with E-state index in [0.29, 0.717) is 11.0 Å². The Morgan fingerprint density at radius 2 is 1.88 bits per heavy atom. The minimum atomic E-state index is 0.145. The zero-order chi connectivity index (χ0) is 16.9. The maximum absolute atomic E-state index is 4.45. The van der Waals surface area contributed by atoms with Crippen LogP contribution in [0.15, 0.2) is 68.3 Å². The van der Waals surface area contributed by atoms with Crippen LogP contribution in [0.4, 0.5) is 10.8 Å². The molecule has 1 heterocycles. The minimum absolute atomic E-state index is 0.145. The fourth-order valence-corrected chi connectivity index (χ4v) is 2.96. The molecule has 3 aromatic rings. The van der Waals surface area contributed by atoms with E-state index in [1.807, 2.05) is 62.4 Å². The van der Waals surface area contributed by atoms with Gasteiger partial charge in [0.15, 0.2) is 5.84 Å². The van der Waals surface area contributed by atoms with Gasteiger partial charge >= 0.3 is 0 Å². The van der Waals surface area contributed by atoms with E-state index >= 15 is 0 Å². The number of rotatable bonds is 4. The van der Waals surface area contributed by atoms with Gasteiger partial charge in [-0.05, 0) is 36.4 Å². The number of azo groups is 1. The van der Waals surface area contributed by atoms with E-state index < -0.39 is 0 Å². The van der Waals surface area contributed by atoms with E-state index in [0.717, 1.165) is 20.4 Å². The second kappa shape index (κ2) is 7.63. The Hall–Kier alpha value is -2.12. The molecule has 0 saturated carbocycles. The molecule has 0 spiro atoms. The predicted molar refractivity (Wildman–Crippen MR) is 104 cm³/mol. The van der Waals surface area contributed by atoms with Gasteiger partial charge in [-0.1, -0.05) is 53.2 Å². The highest BCUT2D eigenvalue weighted by atomic mass is 79.9. The predicted octanol–water partition coefficient (Wildman–Crippen LogP) is 6.22. The topological polar surface area (TPSA) is 62.0 Å². The number of nitrogens with one attached hydrogen (secondary N) is 1. The average Bonchev–Trinajstić information content (AvgIpc) is 2.99. The number of hydrogen-bond donors (Lipinski definition) is 1. The molecule has 0 radical (unpaired) electrons. The molecule has 0 aliphatic rings. The van der Waals surface area contributed by atoms with E-state index in [2.05, 4.69) is 41.7 Å². The number of thiazole rings is 1. The van der Waals surface area contributed by atoms with Crippen LogP contribution in [0.1, 0.15) is 13.8 Å². The first-order valence-corrected chi connectivity index (χ1v) is 9.09. The number of hydrazone groups is 1. The highest BCUT2D eigenvalue weighted by Gasteiger charge is 2.06. The quantitative estimate of drug-likeness (QED) is 0.244. The Morgan fingerprint density at radius 3 is 2.58 bits per heavy atom. The minimum Gasteiger partial charge on any atom is -0.277 e. The van der Waals surface area contributed by atoms with Crippen molar-refractivity contribution in [2.45, 2.75) is 13.8 Å². The molecule has 122 valence electrons. The summed E-state index contributed by atoms with van der Waals surface area (Å²) >= 11 is 4.93. The number of anilines is 1. The lowest BCUT2D eigenvalue weighted by molar-refractivity contribution is 0.858. The van der Waals surface area contributed by atoms with Crippen LogP contribution < -0.4 is 5.43 Å². The van der Waals surface area contributed by atoms with Gasteiger partial charge in [0.2, 0.25) is 5.13 Å². The van der Waals surface area contributed by atoms with Gasteiger partial charge < -0.3 is 0 Å². The van der Waals surface area contributed by atoms with Gasteiger partial charge in [0.05, 0.1) is 15.9 Å². The molecule has 0 bridgehead atoms. The van der Waals surface area contributed by atoms with E-state index in [1.165, 1.54) is 11.3 Å². The van der Waals surface area contributed by atoms with Crippen LogP contribution in [0.25, 0.3) is 10.2 Å². The monoisotopic (exact) mass is 401 g/mol. The third-order valence-corrected chi connectivity index (χ3v) is 4.63. The second-order valence-electron chi connectivity index (χ2n) is 5.41. The summed E-state index contributed by atoms with van der Waals surface area (Å²) < 4.78 is 2.12. The van der Waals surface area contributed by atoms with Crippen LogP contribution >= 0.6 is 27.3 Å². The van der Waals surface area contributed by atoms with Gasteiger partial charge in [-0.25, -0.2) is 4.98 Å². The van der Waals surface area contributed by atoms with Crippen molar-refractivity contribution in [1.82, 2.24) is 4.98 Å². The smallest absolute Gasteiger partial charge is 0.231 e. The van der Waals surface area contributed by atoms with Gasteiger partial charge in [-0.3, -0.25) is 5.43 Å². The van der Waals surface area contributed by atoms with Crippen molar-refractivity contribution in [3.63, 3.8) is 0 Å². The second-order valence-corrected chi connectivity index (χ2v) is 7.33.